The molecule has 1 aliphatic heterocycles. The van der Waals surface area contributed by atoms with Crippen molar-refractivity contribution in [3.05, 3.63) is 40.1 Å². The fraction of sp³-hybridized carbons (Fsp3) is 0.375. The highest BCUT2D eigenvalue weighted by Crippen LogP contribution is 2.23. The summed E-state index contributed by atoms with van der Waals surface area (Å²) >= 11 is 3.27. The number of carbonyl (C=O) groups is 1. The van der Waals surface area contributed by atoms with Gasteiger partial charge in [0.15, 0.2) is 10.4 Å². The molecule has 0 radical (unpaired) electrons. The van der Waals surface area contributed by atoms with Gasteiger partial charge >= 0.3 is 0 Å². The first kappa shape index (κ1) is 16.1. The number of amides is 1. The predicted octanol–water partition coefficient (Wildman–Crippen LogP) is 2.06. The van der Waals surface area contributed by atoms with Crippen LogP contribution in [0.4, 0.5) is 5.82 Å². The highest BCUT2D eigenvalue weighted by Gasteiger charge is 2.27. The van der Waals surface area contributed by atoms with E-state index in [4.69, 9.17) is 4.42 Å². The molecule has 1 aliphatic rings. The summed E-state index contributed by atoms with van der Waals surface area (Å²) in [5, 5.41) is 4.25. The molecule has 8 nitrogen and oxygen atoms in total. The van der Waals surface area contributed by atoms with Crippen molar-refractivity contribution in [2.75, 3.05) is 31.1 Å². The summed E-state index contributed by atoms with van der Waals surface area (Å²) in [5.41, 5.74) is 1.73. The van der Waals surface area contributed by atoms with E-state index in [-0.39, 0.29) is 5.91 Å². The van der Waals surface area contributed by atoms with Gasteiger partial charge in [-0.2, -0.15) is 14.6 Å². The van der Waals surface area contributed by atoms with Crippen molar-refractivity contribution in [3.8, 4) is 0 Å². The van der Waals surface area contributed by atoms with Crippen molar-refractivity contribution in [3.63, 3.8) is 0 Å². The van der Waals surface area contributed by atoms with Crippen LogP contribution in [0.25, 0.3) is 5.78 Å². The molecule has 1 saturated heterocycles. The third kappa shape index (κ3) is 2.88. The summed E-state index contributed by atoms with van der Waals surface area (Å²) in [6.07, 6.45) is 1.50. The molecule has 1 amide bonds. The number of aromatic nitrogens is 4. The van der Waals surface area contributed by atoms with Crippen molar-refractivity contribution in [1.82, 2.24) is 24.5 Å². The van der Waals surface area contributed by atoms with Gasteiger partial charge in [-0.15, -0.1) is 0 Å². The first-order valence-electron chi connectivity index (χ1n) is 8.00. The molecule has 3 aromatic heterocycles. The second-order valence-electron chi connectivity index (χ2n) is 6.07. The lowest BCUT2D eigenvalue weighted by atomic mass is 10.2. The summed E-state index contributed by atoms with van der Waals surface area (Å²) in [6, 6.07) is 3.80. The van der Waals surface area contributed by atoms with Crippen molar-refractivity contribution in [2.45, 2.75) is 13.8 Å². The monoisotopic (exact) mass is 404 g/mol. The molecule has 0 N–H and O–H groups in total. The van der Waals surface area contributed by atoms with E-state index in [1.807, 2.05) is 30.9 Å². The number of rotatable bonds is 2. The van der Waals surface area contributed by atoms with Gasteiger partial charge in [0.2, 0.25) is 0 Å². The van der Waals surface area contributed by atoms with E-state index in [2.05, 4.69) is 35.9 Å². The summed E-state index contributed by atoms with van der Waals surface area (Å²) < 4.78 is 7.80. The molecule has 0 aliphatic carbocycles. The molecule has 25 heavy (non-hydrogen) atoms. The standard InChI is InChI=1S/C16H17BrN6O2/c1-10-7-12(17)25-14(10)15(24)22-5-3-21(4-6-22)13-8-11(2)20-16-18-9-19-23(13)16/h7-9H,3-6H2,1-2H3. The summed E-state index contributed by atoms with van der Waals surface area (Å²) in [5.74, 6) is 1.87. The van der Waals surface area contributed by atoms with Gasteiger partial charge in [-0.25, -0.2) is 4.98 Å². The fourth-order valence-corrected chi connectivity index (χ4v) is 3.58. The maximum atomic E-state index is 12.7. The smallest absolute Gasteiger partial charge is 0.290 e. The van der Waals surface area contributed by atoms with Crippen LogP contribution < -0.4 is 4.90 Å². The van der Waals surface area contributed by atoms with Crippen LogP contribution in [0.15, 0.2) is 27.5 Å². The van der Waals surface area contributed by atoms with Gasteiger partial charge in [-0.1, -0.05) is 0 Å². The zero-order valence-electron chi connectivity index (χ0n) is 13.9. The third-order valence-corrected chi connectivity index (χ3v) is 4.72. The number of nitrogens with zero attached hydrogens (tertiary/aromatic N) is 6. The number of anilines is 1. The third-order valence-electron chi connectivity index (χ3n) is 4.33. The average molecular weight is 405 g/mol. The number of hydrogen-bond acceptors (Lipinski definition) is 6. The molecule has 0 atom stereocenters. The fourth-order valence-electron chi connectivity index (χ4n) is 3.07. The van der Waals surface area contributed by atoms with Crippen LogP contribution in [0.1, 0.15) is 21.8 Å². The highest BCUT2D eigenvalue weighted by atomic mass is 79.9. The lowest BCUT2D eigenvalue weighted by Gasteiger charge is -2.35. The van der Waals surface area contributed by atoms with E-state index >= 15 is 0 Å². The number of furan rings is 1. The predicted molar refractivity (Wildman–Crippen MR) is 94.8 cm³/mol. The molecule has 0 bridgehead atoms. The van der Waals surface area contributed by atoms with Gasteiger partial charge < -0.3 is 14.2 Å². The minimum Gasteiger partial charge on any atom is -0.444 e. The zero-order valence-corrected chi connectivity index (χ0v) is 15.5. The second kappa shape index (κ2) is 6.14. The Bertz CT molecular complexity index is 941. The molecular formula is C16H17BrN6O2. The Hall–Kier alpha value is -2.42. The first-order chi connectivity index (χ1) is 12.0. The van der Waals surface area contributed by atoms with Crippen LogP contribution >= 0.6 is 15.9 Å². The largest absolute Gasteiger partial charge is 0.444 e. The molecule has 3 aromatic rings. The van der Waals surface area contributed by atoms with Crippen LogP contribution in [0.3, 0.4) is 0 Å². The van der Waals surface area contributed by atoms with Crippen LogP contribution in [-0.4, -0.2) is 56.6 Å². The van der Waals surface area contributed by atoms with E-state index in [9.17, 15) is 4.79 Å². The number of carbonyl (C=O) groups excluding carboxylic acids is 1. The average Bonchev–Trinajstić information content (AvgIpc) is 3.19. The minimum atomic E-state index is -0.0698. The van der Waals surface area contributed by atoms with Crippen molar-refractivity contribution in [2.24, 2.45) is 0 Å². The SMILES string of the molecule is Cc1cc(N2CCN(C(=O)c3oc(Br)cc3C)CC2)n2ncnc2n1. The van der Waals surface area contributed by atoms with Crippen molar-refractivity contribution < 1.29 is 9.21 Å². The van der Waals surface area contributed by atoms with Crippen LogP contribution in [0.5, 0.6) is 0 Å². The number of aryl methyl sites for hydroxylation is 2. The number of halogens is 1. The lowest BCUT2D eigenvalue weighted by molar-refractivity contribution is 0.0712. The van der Waals surface area contributed by atoms with Crippen LogP contribution in [0, 0.1) is 13.8 Å². The first-order valence-corrected chi connectivity index (χ1v) is 8.80. The number of piperazine rings is 1. The molecule has 0 unspecified atom stereocenters. The molecule has 0 spiro atoms. The Morgan fingerprint density at radius 3 is 2.64 bits per heavy atom. The van der Waals surface area contributed by atoms with Crippen LogP contribution in [-0.2, 0) is 0 Å². The van der Waals surface area contributed by atoms with Gasteiger partial charge in [0.25, 0.3) is 11.7 Å². The van der Waals surface area contributed by atoms with E-state index in [1.54, 1.807) is 4.52 Å². The Balaban J connectivity index is 1.52. The summed E-state index contributed by atoms with van der Waals surface area (Å²) in [7, 11) is 0. The van der Waals surface area contributed by atoms with E-state index in [0.717, 1.165) is 17.1 Å². The van der Waals surface area contributed by atoms with Gasteiger partial charge in [-0.3, -0.25) is 4.79 Å². The molecule has 1 fully saturated rings. The maximum Gasteiger partial charge on any atom is 0.290 e. The molecule has 0 saturated carbocycles. The van der Waals surface area contributed by atoms with Crippen molar-refractivity contribution >= 4 is 33.4 Å². The van der Waals surface area contributed by atoms with Gasteiger partial charge in [-0.05, 0) is 35.8 Å². The van der Waals surface area contributed by atoms with E-state index in [0.29, 0.717) is 42.4 Å². The van der Waals surface area contributed by atoms with E-state index in [1.165, 1.54) is 6.33 Å². The van der Waals surface area contributed by atoms with E-state index < -0.39 is 0 Å². The Morgan fingerprint density at radius 1 is 1.20 bits per heavy atom. The molecule has 9 heteroatoms. The second-order valence-corrected chi connectivity index (χ2v) is 6.85. The lowest BCUT2D eigenvalue weighted by Crippen LogP contribution is -2.49. The normalized spacial score (nSPS) is 15.2. The molecule has 0 aromatic carbocycles. The van der Waals surface area contributed by atoms with Gasteiger partial charge in [0, 0.05) is 43.5 Å². The Labute approximate surface area is 152 Å². The van der Waals surface area contributed by atoms with Crippen LogP contribution in [0.2, 0.25) is 0 Å². The number of fused-ring (bicyclic) bond motifs is 1. The maximum absolute atomic E-state index is 12.7. The quantitative estimate of drug-likeness (QED) is 0.650. The molecular weight excluding hydrogens is 388 g/mol. The number of hydrogen-bond donors (Lipinski definition) is 0. The molecule has 4 heterocycles. The molecule has 130 valence electrons. The highest BCUT2D eigenvalue weighted by molar-refractivity contribution is 9.10. The van der Waals surface area contributed by atoms with Gasteiger partial charge in [0.05, 0.1) is 0 Å². The topological polar surface area (TPSA) is 79.8 Å². The molecule has 4 rings (SSSR count). The Morgan fingerprint density at radius 2 is 1.96 bits per heavy atom. The van der Waals surface area contributed by atoms with Gasteiger partial charge in [0.1, 0.15) is 12.1 Å². The summed E-state index contributed by atoms with van der Waals surface area (Å²) in [6.45, 7) is 6.48. The van der Waals surface area contributed by atoms with Crippen molar-refractivity contribution in [1.29, 1.82) is 0 Å². The summed E-state index contributed by atoms with van der Waals surface area (Å²) in [4.78, 5) is 25.2. The zero-order chi connectivity index (χ0) is 17.6. The minimum absolute atomic E-state index is 0.0698. The Kier molecular flexibility index (Phi) is 3.95.